The molecule has 5 nitrogen and oxygen atoms in total. The number of hydrogen-bond acceptors (Lipinski definition) is 4. The van der Waals surface area contributed by atoms with Crippen LogP contribution in [-0.2, 0) is 22.4 Å². The van der Waals surface area contributed by atoms with Gasteiger partial charge in [-0.1, -0.05) is 25.7 Å². The number of nitrogens with one attached hydrogen (secondary N) is 2. The zero-order valence-electron chi connectivity index (χ0n) is 14.2. The number of aromatic nitrogens is 1. The summed E-state index contributed by atoms with van der Waals surface area (Å²) >= 11 is 1.58. The van der Waals surface area contributed by atoms with Crippen molar-refractivity contribution in [2.24, 2.45) is 5.92 Å². The maximum atomic E-state index is 12.0. The Hall–Kier alpha value is -1.43. The van der Waals surface area contributed by atoms with Crippen LogP contribution < -0.4 is 10.6 Å². The second kappa shape index (κ2) is 8.60. The van der Waals surface area contributed by atoms with E-state index in [-0.39, 0.29) is 18.4 Å². The van der Waals surface area contributed by atoms with Gasteiger partial charge in [-0.25, -0.2) is 4.98 Å². The lowest BCUT2D eigenvalue weighted by atomic mass is 9.87. The first-order chi connectivity index (χ1) is 11.7. The Bertz CT molecular complexity index is 555. The van der Waals surface area contributed by atoms with Crippen LogP contribution in [0.5, 0.6) is 0 Å². The smallest absolute Gasteiger partial charge is 0.245 e. The number of fused-ring (bicyclic) bond motifs is 1. The highest BCUT2D eigenvalue weighted by Crippen LogP contribution is 2.29. The van der Waals surface area contributed by atoms with E-state index < -0.39 is 0 Å². The van der Waals surface area contributed by atoms with E-state index in [1.807, 2.05) is 0 Å². The zero-order chi connectivity index (χ0) is 16.8. The van der Waals surface area contributed by atoms with E-state index >= 15 is 0 Å². The van der Waals surface area contributed by atoms with E-state index in [0.29, 0.717) is 17.5 Å². The number of hydrogen-bond donors (Lipinski definition) is 2. The first-order valence-electron chi connectivity index (χ1n) is 9.26. The third kappa shape index (κ3) is 5.03. The van der Waals surface area contributed by atoms with Gasteiger partial charge < -0.3 is 10.6 Å². The summed E-state index contributed by atoms with van der Waals surface area (Å²) in [6.07, 6.45) is 12.3. The molecule has 1 heterocycles. The minimum absolute atomic E-state index is 0.00743. The fourth-order valence-corrected chi connectivity index (χ4v) is 4.72. The average molecular weight is 350 g/mol. The lowest BCUT2D eigenvalue weighted by Crippen LogP contribution is -2.34. The van der Waals surface area contributed by atoms with Crippen LogP contribution in [0.4, 0.5) is 5.13 Å². The topological polar surface area (TPSA) is 71.1 Å². The normalized spacial score (nSPS) is 18.5. The molecule has 6 heteroatoms. The Morgan fingerprint density at radius 1 is 1.00 bits per heavy atom. The minimum Gasteiger partial charge on any atom is -0.347 e. The summed E-state index contributed by atoms with van der Waals surface area (Å²) in [5.74, 6) is 0.305. The standard InChI is InChI=1S/C18H27N3O2S/c22-16(11-13-7-3-1-4-8-13)19-12-17(23)21-18-20-14-9-5-2-6-10-15(14)24-18/h13H,1-12H2,(H,19,22)(H,20,21,23). The third-order valence-electron chi connectivity index (χ3n) is 4.99. The number of nitrogens with zero attached hydrogens (tertiary/aromatic N) is 1. The molecule has 0 atom stereocenters. The molecule has 24 heavy (non-hydrogen) atoms. The molecule has 1 fully saturated rings. The molecule has 0 radical (unpaired) electrons. The molecule has 3 rings (SSSR count). The molecule has 0 bridgehead atoms. The first-order valence-corrected chi connectivity index (χ1v) is 10.1. The number of anilines is 1. The Kier molecular flexibility index (Phi) is 6.24. The molecule has 0 saturated heterocycles. The van der Waals surface area contributed by atoms with Crippen molar-refractivity contribution in [2.75, 3.05) is 11.9 Å². The highest BCUT2D eigenvalue weighted by atomic mass is 32.1. The van der Waals surface area contributed by atoms with Crippen molar-refractivity contribution in [1.29, 1.82) is 0 Å². The Morgan fingerprint density at radius 2 is 1.75 bits per heavy atom. The van der Waals surface area contributed by atoms with Gasteiger partial charge in [0.15, 0.2) is 5.13 Å². The van der Waals surface area contributed by atoms with Gasteiger partial charge in [0.1, 0.15) is 0 Å². The number of amides is 2. The molecular formula is C18H27N3O2S. The summed E-state index contributed by atoms with van der Waals surface area (Å²) in [4.78, 5) is 29.8. The van der Waals surface area contributed by atoms with Crippen molar-refractivity contribution < 1.29 is 9.59 Å². The number of aryl methyl sites for hydroxylation is 2. The largest absolute Gasteiger partial charge is 0.347 e. The summed E-state index contributed by atoms with van der Waals surface area (Å²) < 4.78 is 0. The van der Waals surface area contributed by atoms with Gasteiger partial charge in [0.05, 0.1) is 12.2 Å². The average Bonchev–Trinajstić information content (AvgIpc) is 2.82. The second-order valence-electron chi connectivity index (χ2n) is 6.98. The second-order valence-corrected chi connectivity index (χ2v) is 8.07. The van der Waals surface area contributed by atoms with Crippen molar-refractivity contribution in [2.45, 2.75) is 70.6 Å². The van der Waals surface area contributed by atoms with Crippen LogP contribution in [0.15, 0.2) is 0 Å². The monoisotopic (exact) mass is 349 g/mol. The lowest BCUT2D eigenvalue weighted by Gasteiger charge is -2.20. The fraction of sp³-hybridized carbons (Fsp3) is 0.722. The predicted molar refractivity (Wildman–Crippen MR) is 96.2 cm³/mol. The molecule has 0 aromatic carbocycles. The molecule has 1 aromatic rings. The van der Waals surface area contributed by atoms with Gasteiger partial charge in [0, 0.05) is 11.3 Å². The quantitative estimate of drug-likeness (QED) is 0.800. The van der Waals surface area contributed by atoms with Crippen LogP contribution >= 0.6 is 11.3 Å². The van der Waals surface area contributed by atoms with Crippen LogP contribution in [0.2, 0.25) is 0 Å². The van der Waals surface area contributed by atoms with Crippen molar-refractivity contribution in [1.82, 2.24) is 10.3 Å². The maximum absolute atomic E-state index is 12.0. The van der Waals surface area contributed by atoms with Gasteiger partial charge in [-0.05, 0) is 44.4 Å². The lowest BCUT2D eigenvalue weighted by molar-refractivity contribution is -0.125. The van der Waals surface area contributed by atoms with Gasteiger partial charge in [-0.3, -0.25) is 9.59 Å². The van der Waals surface area contributed by atoms with Gasteiger partial charge in [-0.2, -0.15) is 0 Å². The van der Waals surface area contributed by atoms with Crippen molar-refractivity contribution in [3.63, 3.8) is 0 Å². The number of thiazole rings is 1. The number of carbonyl (C=O) groups is 2. The van der Waals surface area contributed by atoms with Gasteiger partial charge in [0.2, 0.25) is 11.8 Å². The van der Waals surface area contributed by atoms with Crippen LogP contribution in [-0.4, -0.2) is 23.3 Å². The Labute approximate surface area is 147 Å². The summed E-state index contributed by atoms with van der Waals surface area (Å²) in [6, 6.07) is 0. The first kappa shape index (κ1) is 17.4. The van der Waals surface area contributed by atoms with Gasteiger partial charge >= 0.3 is 0 Å². The molecule has 1 saturated carbocycles. The maximum Gasteiger partial charge on any atom is 0.245 e. The van der Waals surface area contributed by atoms with Crippen molar-refractivity contribution >= 4 is 28.3 Å². The third-order valence-corrected chi connectivity index (χ3v) is 6.06. The number of rotatable bonds is 5. The molecule has 0 spiro atoms. The van der Waals surface area contributed by atoms with E-state index in [4.69, 9.17) is 0 Å². The molecule has 2 amide bonds. The summed E-state index contributed by atoms with van der Waals surface area (Å²) in [5, 5.41) is 6.25. The van der Waals surface area contributed by atoms with Gasteiger partial charge in [-0.15, -0.1) is 11.3 Å². The van der Waals surface area contributed by atoms with Crippen LogP contribution in [0.3, 0.4) is 0 Å². The van der Waals surface area contributed by atoms with E-state index in [2.05, 4.69) is 15.6 Å². The van der Waals surface area contributed by atoms with Gasteiger partial charge in [0.25, 0.3) is 0 Å². The summed E-state index contributed by atoms with van der Waals surface area (Å²) in [6.45, 7) is 0.0375. The van der Waals surface area contributed by atoms with E-state index in [9.17, 15) is 9.59 Å². The summed E-state index contributed by atoms with van der Waals surface area (Å²) in [7, 11) is 0. The fourth-order valence-electron chi connectivity index (χ4n) is 3.65. The molecule has 0 aliphatic heterocycles. The number of carbonyl (C=O) groups excluding carboxylic acids is 2. The van der Waals surface area contributed by atoms with Crippen molar-refractivity contribution in [3.05, 3.63) is 10.6 Å². The molecule has 2 aliphatic carbocycles. The van der Waals surface area contributed by atoms with Crippen LogP contribution in [0, 0.1) is 5.92 Å². The summed E-state index contributed by atoms with van der Waals surface area (Å²) in [5.41, 5.74) is 1.15. The van der Waals surface area contributed by atoms with Crippen molar-refractivity contribution in [3.8, 4) is 0 Å². The molecule has 1 aromatic heterocycles. The van der Waals surface area contributed by atoms with Crippen LogP contribution in [0.25, 0.3) is 0 Å². The zero-order valence-corrected chi connectivity index (χ0v) is 15.1. The molecule has 2 aliphatic rings. The highest BCUT2D eigenvalue weighted by Gasteiger charge is 2.18. The van der Waals surface area contributed by atoms with E-state index in [0.717, 1.165) is 31.4 Å². The highest BCUT2D eigenvalue weighted by molar-refractivity contribution is 7.15. The molecule has 132 valence electrons. The molecule has 2 N–H and O–H groups in total. The minimum atomic E-state index is -0.184. The SMILES string of the molecule is O=C(CC1CCCCC1)NCC(=O)Nc1nc2c(s1)CCCCC2. The molecular weight excluding hydrogens is 322 g/mol. The van der Waals surface area contributed by atoms with E-state index in [1.54, 1.807) is 11.3 Å². The Balaban J connectivity index is 1.41. The predicted octanol–water partition coefficient (Wildman–Crippen LogP) is 3.44. The molecule has 0 unspecified atom stereocenters. The van der Waals surface area contributed by atoms with Crippen LogP contribution in [0.1, 0.15) is 68.4 Å². The Morgan fingerprint density at radius 3 is 2.58 bits per heavy atom. The van der Waals surface area contributed by atoms with E-state index in [1.165, 1.54) is 43.4 Å².